The molecule has 0 bridgehead atoms. The third kappa shape index (κ3) is 3.47. The van der Waals surface area contributed by atoms with Crippen molar-refractivity contribution in [3.8, 4) is 22.4 Å². The predicted molar refractivity (Wildman–Crippen MR) is 108 cm³/mol. The van der Waals surface area contributed by atoms with E-state index in [0.29, 0.717) is 5.56 Å². The lowest BCUT2D eigenvalue weighted by Crippen LogP contribution is -1.96. The van der Waals surface area contributed by atoms with Crippen molar-refractivity contribution in [1.82, 2.24) is 14.8 Å². The lowest BCUT2D eigenvalue weighted by atomic mass is 9.97. The fraction of sp³-hybridized carbons (Fsp3) is 0.217. The molecule has 2 heterocycles. The standard InChI is InChI=1S/C23H22FN3/c1-3-4-12-27-15-19-14-17(8-10-22(19)26-27)20-6-5-11-25-23(20)18-7-9-21(24)16(2)13-18/h5-11,13-15H,3-4,12H2,1-2H3. The number of aromatic nitrogens is 3. The number of hydrogen-bond acceptors (Lipinski definition) is 2. The maximum Gasteiger partial charge on any atom is 0.126 e. The van der Waals surface area contributed by atoms with Crippen LogP contribution in [0, 0.1) is 12.7 Å². The Morgan fingerprint density at radius 1 is 1.04 bits per heavy atom. The maximum atomic E-state index is 13.7. The molecule has 0 aliphatic carbocycles. The monoisotopic (exact) mass is 359 g/mol. The van der Waals surface area contributed by atoms with Crippen molar-refractivity contribution < 1.29 is 4.39 Å². The summed E-state index contributed by atoms with van der Waals surface area (Å²) in [7, 11) is 0. The lowest BCUT2D eigenvalue weighted by Gasteiger charge is -2.10. The number of aryl methyl sites for hydroxylation is 2. The average molecular weight is 359 g/mol. The number of hydrogen-bond donors (Lipinski definition) is 0. The van der Waals surface area contributed by atoms with Crippen molar-refractivity contribution in [2.24, 2.45) is 0 Å². The fourth-order valence-electron chi connectivity index (χ4n) is 3.34. The number of benzene rings is 2. The average Bonchev–Trinajstić information content (AvgIpc) is 3.10. The Morgan fingerprint density at radius 3 is 2.70 bits per heavy atom. The molecule has 4 aromatic rings. The molecule has 0 unspecified atom stereocenters. The van der Waals surface area contributed by atoms with Crippen LogP contribution < -0.4 is 0 Å². The Kier molecular flexibility index (Phi) is 4.71. The highest BCUT2D eigenvalue weighted by atomic mass is 19.1. The smallest absolute Gasteiger partial charge is 0.126 e. The maximum absolute atomic E-state index is 13.7. The molecule has 0 atom stereocenters. The first-order valence-corrected chi connectivity index (χ1v) is 9.35. The molecule has 0 fully saturated rings. The van der Waals surface area contributed by atoms with Crippen LogP contribution in [0.1, 0.15) is 25.3 Å². The van der Waals surface area contributed by atoms with E-state index in [-0.39, 0.29) is 5.82 Å². The van der Waals surface area contributed by atoms with Gasteiger partial charge in [0.05, 0.1) is 11.2 Å². The first-order valence-electron chi connectivity index (χ1n) is 9.35. The van der Waals surface area contributed by atoms with Crippen LogP contribution in [0.4, 0.5) is 4.39 Å². The molecule has 2 aromatic carbocycles. The van der Waals surface area contributed by atoms with Crippen LogP contribution >= 0.6 is 0 Å². The highest BCUT2D eigenvalue weighted by molar-refractivity contribution is 5.88. The Morgan fingerprint density at radius 2 is 1.89 bits per heavy atom. The largest absolute Gasteiger partial charge is 0.272 e. The fourth-order valence-corrected chi connectivity index (χ4v) is 3.34. The molecule has 27 heavy (non-hydrogen) atoms. The van der Waals surface area contributed by atoms with E-state index >= 15 is 0 Å². The number of unbranched alkanes of at least 4 members (excludes halogenated alkanes) is 1. The van der Waals surface area contributed by atoms with Crippen LogP contribution in [-0.4, -0.2) is 14.8 Å². The summed E-state index contributed by atoms with van der Waals surface area (Å²) < 4.78 is 15.7. The second-order valence-corrected chi connectivity index (χ2v) is 6.88. The number of halogens is 1. The summed E-state index contributed by atoms with van der Waals surface area (Å²) in [6.45, 7) is 4.90. The minimum Gasteiger partial charge on any atom is -0.272 e. The second-order valence-electron chi connectivity index (χ2n) is 6.88. The van der Waals surface area contributed by atoms with Crippen LogP contribution in [0.3, 0.4) is 0 Å². The SMILES string of the molecule is CCCCn1cc2cc(-c3cccnc3-c3ccc(F)c(C)c3)ccc2n1. The molecular formula is C23H22FN3. The van der Waals surface area contributed by atoms with E-state index in [2.05, 4.69) is 47.5 Å². The van der Waals surface area contributed by atoms with E-state index in [0.717, 1.165) is 52.7 Å². The molecular weight excluding hydrogens is 337 g/mol. The lowest BCUT2D eigenvalue weighted by molar-refractivity contribution is 0.576. The Hall–Kier alpha value is -3.01. The van der Waals surface area contributed by atoms with Crippen molar-refractivity contribution in [3.63, 3.8) is 0 Å². The quantitative estimate of drug-likeness (QED) is 0.437. The highest BCUT2D eigenvalue weighted by Crippen LogP contribution is 2.32. The molecule has 0 saturated carbocycles. The molecule has 136 valence electrons. The van der Waals surface area contributed by atoms with Gasteiger partial charge in [-0.15, -0.1) is 0 Å². The third-order valence-electron chi connectivity index (χ3n) is 4.84. The van der Waals surface area contributed by atoms with Gasteiger partial charge < -0.3 is 0 Å². The molecule has 0 saturated heterocycles. The van der Waals surface area contributed by atoms with Gasteiger partial charge in [-0.25, -0.2) is 4.39 Å². The molecule has 0 amide bonds. The summed E-state index contributed by atoms with van der Waals surface area (Å²) in [6.07, 6.45) is 6.15. The normalized spacial score (nSPS) is 11.2. The Balaban J connectivity index is 1.78. The van der Waals surface area contributed by atoms with Gasteiger partial charge in [0.25, 0.3) is 0 Å². The molecule has 0 spiro atoms. The molecule has 2 aromatic heterocycles. The summed E-state index contributed by atoms with van der Waals surface area (Å²) in [5.41, 5.74) is 5.52. The van der Waals surface area contributed by atoms with Gasteiger partial charge in [0.15, 0.2) is 0 Å². The van der Waals surface area contributed by atoms with Gasteiger partial charge >= 0.3 is 0 Å². The minimum absolute atomic E-state index is 0.197. The van der Waals surface area contributed by atoms with Crippen molar-refractivity contribution >= 4 is 10.9 Å². The van der Waals surface area contributed by atoms with E-state index < -0.39 is 0 Å². The summed E-state index contributed by atoms with van der Waals surface area (Å²) in [6, 6.07) is 15.4. The first kappa shape index (κ1) is 17.4. The number of fused-ring (bicyclic) bond motifs is 1. The van der Waals surface area contributed by atoms with Crippen LogP contribution in [0.5, 0.6) is 0 Å². The van der Waals surface area contributed by atoms with Crippen LogP contribution in [-0.2, 0) is 6.54 Å². The molecule has 0 aliphatic heterocycles. The van der Waals surface area contributed by atoms with E-state index in [1.54, 1.807) is 19.2 Å². The van der Waals surface area contributed by atoms with Gasteiger partial charge in [-0.05, 0) is 60.9 Å². The Labute approximate surface area is 158 Å². The van der Waals surface area contributed by atoms with E-state index in [9.17, 15) is 4.39 Å². The van der Waals surface area contributed by atoms with Gasteiger partial charge in [-0.3, -0.25) is 9.67 Å². The summed E-state index contributed by atoms with van der Waals surface area (Å²) in [4.78, 5) is 4.58. The summed E-state index contributed by atoms with van der Waals surface area (Å²) in [5, 5.41) is 5.77. The summed E-state index contributed by atoms with van der Waals surface area (Å²) in [5.74, 6) is -0.197. The van der Waals surface area contributed by atoms with Gasteiger partial charge in [-0.2, -0.15) is 5.10 Å². The third-order valence-corrected chi connectivity index (χ3v) is 4.84. The first-order chi connectivity index (χ1) is 13.2. The molecule has 0 N–H and O–H groups in total. The Bertz CT molecular complexity index is 1100. The predicted octanol–water partition coefficient (Wildman–Crippen LogP) is 6.01. The zero-order chi connectivity index (χ0) is 18.8. The number of pyridine rings is 1. The van der Waals surface area contributed by atoms with Crippen molar-refractivity contribution in [2.45, 2.75) is 33.2 Å². The van der Waals surface area contributed by atoms with E-state index in [1.807, 2.05) is 16.8 Å². The van der Waals surface area contributed by atoms with Crippen molar-refractivity contribution in [2.75, 3.05) is 0 Å². The van der Waals surface area contributed by atoms with Gasteiger partial charge in [0.2, 0.25) is 0 Å². The number of nitrogens with zero attached hydrogens (tertiary/aromatic N) is 3. The van der Waals surface area contributed by atoms with Crippen molar-refractivity contribution in [1.29, 1.82) is 0 Å². The van der Waals surface area contributed by atoms with Gasteiger partial charge in [-0.1, -0.05) is 25.5 Å². The van der Waals surface area contributed by atoms with E-state index in [1.165, 1.54) is 6.07 Å². The number of rotatable bonds is 5. The molecule has 0 radical (unpaired) electrons. The van der Waals surface area contributed by atoms with Crippen molar-refractivity contribution in [3.05, 3.63) is 72.3 Å². The molecule has 3 nitrogen and oxygen atoms in total. The minimum atomic E-state index is -0.197. The molecule has 4 rings (SSSR count). The van der Waals surface area contributed by atoms with Crippen LogP contribution in [0.25, 0.3) is 33.3 Å². The van der Waals surface area contributed by atoms with Gasteiger partial charge in [0, 0.05) is 35.5 Å². The van der Waals surface area contributed by atoms with Gasteiger partial charge in [0.1, 0.15) is 5.82 Å². The van der Waals surface area contributed by atoms with E-state index in [4.69, 9.17) is 0 Å². The zero-order valence-corrected chi connectivity index (χ0v) is 15.6. The second kappa shape index (κ2) is 7.31. The molecule has 0 aliphatic rings. The van der Waals surface area contributed by atoms with Crippen LogP contribution in [0.2, 0.25) is 0 Å². The topological polar surface area (TPSA) is 30.7 Å². The molecule has 4 heteroatoms. The van der Waals surface area contributed by atoms with Crippen LogP contribution in [0.15, 0.2) is 60.9 Å². The zero-order valence-electron chi connectivity index (χ0n) is 15.6. The summed E-state index contributed by atoms with van der Waals surface area (Å²) >= 11 is 0. The highest BCUT2D eigenvalue weighted by Gasteiger charge is 2.11.